The summed E-state index contributed by atoms with van der Waals surface area (Å²) in [4.78, 5) is 23.5. The summed E-state index contributed by atoms with van der Waals surface area (Å²) >= 11 is 1.69. The maximum Gasteiger partial charge on any atom is 0.230 e. The third-order valence-electron chi connectivity index (χ3n) is 5.77. The number of rotatable bonds is 7. The number of aryl methyl sites for hydroxylation is 1. The van der Waals surface area contributed by atoms with Crippen LogP contribution in [-0.4, -0.2) is 40.6 Å². The Morgan fingerprint density at radius 2 is 2.00 bits per heavy atom. The van der Waals surface area contributed by atoms with E-state index in [1.54, 1.807) is 18.4 Å². The summed E-state index contributed by atoms with van der Waals surface area (Å²) in [6.07, 6.45) is 5.56. The van der Waals surface area contributed by atoms with Gasteiger partial charge in [0.1, 0.15) is 11.6 Å². The van der Waals surface area contributed by atoms with Crippen molar-refractivity contribution in [3.8, 4) is 5.75 Å². The Bertz CT molecular complexity index is 944. The maximum atomic E-state index is 13.5. The summed E-state index contributed by atoms with van der Waals surface area (Å²) in [6.45, 7) is 3.27. The molecule has 4 rings (SSSR count). The lowest BCUT2D eigenvalue weighted by atomic mass is 9.95. The quantitative estimate of drug-likeness (QED) is 0.577. The Balaban J connectivity index is 1.44. The van der Waals surface area contributed by atoms with Gasteiger partial charge >= 0.3 is 0 Å². The van der Waals surface area contributed by atoms with E-state index in [0.29, 0.717) is 6.54 Å². The van der Waals surface area contributed by atoms with Gasteiger partial charge in [-0.1, -0.05) is 6.07 Å². The molecule has 1 amide bonds. The number of hydrogen-bond donors (Lipinski definition) is 0. The monoisotopic (exact) mass is 424 g/mol. The molecule has 0 unspecified atom stereocenters. The first-order valence-electron chi connectivity index (χ1n) is 10.3. The van der Waals surface area contributed by atoms with Crippen molar-refractivity contribution in [1.82, 2.24) is 14.5 Å². The highest BCUT2D eigenvalue weighted by molar-refractivity contribution is 7.09. The zero-order chi connectivity index (χ0) is 20.9. The molecule has 6 nitrogen and oxygen atoms in total. The van der Waals surface area contributed by atoms with Crippen LogP contribution >= 0.6 is 11.3 Å². The predicted octanol–water partition coefficient (Wildman–Crippen LogP) is 3.94. The molecule has 2 aromatic heterocycles. The average Bonchev–Trinajstić information content (AvgIpc) is 3.44. The number of carbonyl (C=O) groups excluding carboxylic acids is 1. The summed E-state index contributed by atoms with van der Waals surface area (Å²) in [5.41, 5.74) is 0.921. The molecule has 1 fully saturated rings. The fourth-order valence-corrected chi connectivity index (χ4v) is 4.62. The number of aromatic nitrogens is 2. The molecule has 1 aliphatic rings. The molecule has 1 saturated heterocycles. The highest BCUT2D eigenvalue weighted by atomic mass is 32.1. The van der Waals surface area contributed by atoms with Crippen molar-refractivity contribution in [1.29, 1.82) is 0 Å². The number of piperidine rings is 1. The lowest BCUT2D eigenvalue weighted by molar-refractivity contribution is -0.124. The predicted molar refractivity (Wildman–Crippen MR) is 120 cm³/mol. The first-order valence-corrected chi connectivity index (χ1v) is 11.2. The number of anilines is 1. The number of benzene rings is 1. The van der Waals surface area contributed by atoms with Gasteiger partial charge in [-0.15, -0.1) is 11.3 Å². The van der Waals surface area contributed by atoms with Crippen LogP contribution < -0.4 is 9.64 Å². The van der Waals surface area contributed by atoms with Gasteiger partial charge in [-0.25, -0.2) is 4.98 Å². The number of ether oxygens (including phenoxy) is 1. The number of nitrogens with zero attached hydrogens (tertiary/aromatic N) is 4. The standard InChI is InChI=1S/C23H28N4O2S/c1-25-14-11-24-22(25)17-26-12-9-18(10-13-26)23(28)27(16-21-4-3-15-30-21)19-5-7-20(29-2)8-6-19/h3-8,11,14-15,18H,9-10,12-13,16-17H2,1-2H3. The molecule has 7 heteroatoms. The van der Waals surface area contributed by atoms with Crippen molar-refractivity contribution in [3.05, 3.63) is 64.9 Å². The Morgan fingerprint density at radius 1 is 1.23 bits per heavy atom. The summed E-state index contributed by atoms with van der Waals surface area (Å²) in [7, 11) is 3.68. The van der Waals surface area contributed by atoms with Crippen molar-refractivity contribution < 1.29 is 9.53 Å². The Kier molecular flexibility index (Phi) is 6.50. The van der Waals surface area contributed by atoms with Crippen LogP contribution in [0.25, 0.3) is 0 Å². The summed E-state index contributed by atoms with van der Waals surface area (Å²) in [5, 5.41) is 2.06. The first kappa shape index (κ1) is 20.6. The lowest BCUT2D eigenvalue weighted by Gasteiger charge is -2.34. The van der Waals surface area contributed by atoms with Crippen LogP contribution in [-0.2, 0) is 24.9 Å². The van der Waals surface area contributed by atoms with Crippen molar-refractivity contribution in [2.75, 3.05) is 25.1 Å². The number of hydrogen-bond acceptors (Lipinski definition) is 5. The molecule has 1 aromatic carbocycles. The van der Waals surface area contributed by atoms with Crippen LogP contribution in [0.4, 0.5) is 5.69 Å². The van der Waals surface area contributed by atoms with Crippen LogP contribution in [0.1, 0.15) is 23.5 Å². The number of amides is 1. The topological polar surface area (TPSA) is 50.6 Å². The minimum atomic E-state index is 0.0460. The molecular formula is C23H28N4O2S. The minimum Gasteiger partial charge on any atom is -0.497 e. The summed E-state index contributed by atoms with van der Waals surface area (Å²) in [6, 6.07) is 11.9. The van der Waals surface area contributed by atoms with Crippen LogP contribution in [0.15, 0.2) is 54.2 Å². The molecule has 3 heterocycles. The van der Waals surface area contributed by atoms with Gasteiger partial charge in [0.15, 0.2) is 0 Å². The Morgan fingerprint density at radius 3 is 2.60 bits per heavy atom. The molecule has 0 saturated carbocycles. The largest absolute Gasteiger partial charge is 0.497 e. The molecule has 0 atom stereocenters. The van der Waals surface area contributed by atoms with E-state index in [4.69, 9.17) is 4.74 Å². The molecule has 3 aromatic rings. The van der Waals surface area contributed by atoms with Gasteiger partial charge in [0.05, 0.1) is 20.2 Å². The second-order valence-corrected chi connectivity index (χ2v) is 8.74. The van der Waals surface area contributed by atoms with Crippen molar-refractivity contribution in [2.24, 2.45) is 13.0 Å². The number of methoxy groups -OCH3 is 1. The number of imidazole rings is 1. The van der Waals surface area contributed by atoms with Gasteiger partial charge in [0.2, 0.25) is 5.91 Å². The van der Waals surface area contributed by atoms with E-state index in [-0.39, 0.29) is 11.8 Å². The third kappa shape index (κ3) is 4.74. The fourth-order valence-electron chi connectivity index (χ4n) is 3.92. The van der Waals surface area contributed by atoms with Gasteiger partial charge in [-0.2, -0.15) is 0 Å². The van der Waals surface area contributed by atoms with Gasteiger partial charge in [-0.3, -0.25) is 9.69 Å². The summed E-state index contributed by atoms with van der Waals surface area (Å²) < 4.78 is 7.34. The highest BCUT2D eigenvalue weighted by Crippen LogP contribution is 2.28. The second kappa shape index (κ2) is 9.45. The second-order valence-electron chi connectivity index (χ2n) is 7.71. The SMILES string of the molecule is COc1ccc(N(Cc2cccs2)C(=O)C2CCN(Cc3nccn3C)CC2)cc1. The average molecular weight is 425 g/mol. The van der Waals surface area contributed by atoms with Crippen LogP contribution in [0, 0.1) is 5.92 Å². The molecule has 0 spiro atoms. The Labute approximate surface area is 181 Å². The van der Waals surface area contributed by atoms with Crippen molar-refractivity contribution in [2.45, 2.75) is 25.9 Å². The normalized spacial score (nSPS) is 15.3. The molecular weight excluding hydrogens is 396 g/mol. The summed E-state index contributed by atoms with van der Waals surface area (Å²) in [5.74, 6) is 2.12. The van der Waals surface area contributed by atoms with Crippen LogP contribution in [0.5, 0.6) is 5.75 Å². The first-order chi connectivity index (χ1) is 14.6. The number of thiophene rings is 1. The van der Waals surface area contributed by atoms with Gasteiger partial charge in [-0.05, 0) is 61.6 Å². The molecule has 0 radical (unpaired) electrons. The minimum absolute atomic E-state index is 0.0460. The van der Waals surface area contributed by atoms with E-state index in [9.17, 15) is 4.79 Å². The zero-order valence-corrected chi connectivity index (χ0v) is 18.3. The number of likely N-dealkylation sites (tertiary alicyclic amines) is 1. The Hall–Kier alpha value is -2.64. The van der Waals surface area contributed by atoms with E-state index in [0.717, 1.165) is 49.7 Å². The van der Waals surface area contributed by atoms with Crippen molar-refractivity contribution in [3.63, 3.8) is 0 Å². The van der Waals surface area contributed by atoms with E-state index >= 15 is 0 Å². The van der Waals surface area contributed by atoms with E-state index < -0.39 is 0 Å². The molecule has 0 aliphatic carbocycles. The van der Waals surface area contributed by atoms with Gasteiger partial charge in [0, 0.05) is 35.9 Å². The lowest BCUT2D eigenvalue weighted by Crippen LogP contribution is -2.42. The van der Waals surface area contributed by atoms with E-state index in [1.807, 2.05) is 54.7 Å². The third-order valence-corrected chi connectivity index (χ3v) is 6.63. The maximum absolute atomic E-state index is 13.5. The van der Waals surface area contributed by atoms with Crippen LogP contribution in [0.3, 0.4) is 0 Å². The van der Waals surface area contributed by atoms with E-state index in [2.05, 4.69) is 25.9 Å². The number of carbonyl (C=O) groups is 1. The molecule has 0 N–H and O–H groups in total. The molecule has 30 heavy (non-hydrogen) atoms. The fraction of sp³-hybridized carbons (Fsp3) is 0.391. The van der Waals surface area contributed by atoms with Crippen LogP contribution in [0.2, 0.25) is 0 Å². The smallest absolute Gasteiger partial charge is 0.230 e. The van der Waals surface area contributed by atoms with Gasteiger partial charge in [0.25, 0.3) is 0 Å². The van der Waals surface area contributed by atoms with E-state index in [1.165, 1.54) is 4.88 Å². The molecule has 1 aliphatic heterocycles. The highest BCUT2D eigenvalue weighted by Gasteiger charge is 2.30. The van der Waals surface area contributed by atoms with Gasteiger partial charge < -0.3 is 14.2 Å². The molecule has 158 valence electrons. The zero-order valence-electron chi connectivity index (χ0n) is 17.5. The van der Waals surface area contributed by atoms with Crippen molar-refractivity contribution >= 4 is 22.9 Å². The molecule has 0 bridgehead atoms.